The predicted octanol–water partition coefficient (Wildman–Crippen LogP) is 2.65. The summed E-state index contributed by atoms with van der Waals surface area (Å²) in [4.78, 5) is 39.3. The van der Waals surface area contributed by atoms with Crippen LogP contribution < -0.4 is 16.0 Å². The third kappa shape index (κ3) is 3.41. The molecule has 1 aliphatic carbocycles. The highest BCUT2D eigenvalue weighted by atomic mass is 19.1. The van der Waals surface area contributed by atoms with Gasteiger partial charge in [-0.05, 0) is 48.9 Å². The molecule has 7 nitrogen and oxygen atoms in total. The molecule has 2 aliphatic heterocycles. The number of nitrogens with zero attached hydrogens (tertiary/aromatic N) is 1. The summed E-state index contributed by atoms with van der Waals surface area (Å²) in [6.45, 7) is 2.83. The Kier molecular flexibility index (Phi) is 4.46. The van der Waals surface area contributed by atoms with E-state index in [9.17, 15) is 18.8 Å². The fraction of sp³-hybridized carbons (Fsp3) is 0.348. The van der Waals surface area contributed by atoms with Crippen molar-refractivity contribution < 1.29 is 18.8 Å². The molecule has 8 heteroatoms. The van der Waals surface area contributed by atoms with Crippen LogP contribution in [0.15, 0.2) is 36.4 Å². The fourth-order valence-electron chi connectivity index (χ4n) is 4.26. The number of anilines is 1. The zero-order valence-corrected chi connectivity index (χ0v) is 17.1. The van der Waals surface area contributed by atoms with Gasteiger partial charge >= 0.3 is 6.03 Å². The summed E-state index contributed by atoms with van der Waals surface area (Å²) in [5, 5.41) is 8.13. The van der Waals surface area contributed by atoms with Crippen LogP contribution in [0.1, 0.15) is 39.9 Å². The van der Waals surface area contributed by atoms with E-state index in [1.165, 1.54) is 11.0 Å². The molecule has 3 N–H and O–H groups in total. The zero-order valence-electron chi connectivity index (χ0n) is 17.1. The second kappa shape index (κ2) is 7.08. The molecule has 4 amide bonds. The van der Waals surface area contributed by atoms with E-state index in [0.717, 1.165) is 24.9 Å². The number of hydrogen-bond acceptors (Lipinski definition) is 4. The SMILES string of the molecule is Cc1ccc(C2(CN3Cc4cc(NCC5CC5)c(F)cc4C3=O)NC(=O)NC2=O)cc1. The Labute approximate surface area is 179 Å². The molecular formula is C23H23FN4O3. The molecule has 2 aromatic rings. The first kappa shape index (κ1) is 19.5. The van der Waals surface area contributed by atoms with Gasteiger partial charge in [0.2, 0.25) is 0 Å². The van der Waals surface area contributed by atoms with E-state index < -0.39 is 23.3 Å². The average molecular weight is 422 g/mol. The Balaban J connectivity index is 1.43. The number of fused-ring (bicyclic) bond motifs is 1. The van der Waals surface area contributed by atoms with Gasteiger partial charge in [-0.1, -0.05) is 29.8 Å². The zero-order chi connectivity index (χ0) is 21.8. The van der Waals surface area contributed by atoms with Gasteiger partial charge in [-0.3, -0.25) is 14.9 Å². The number of aryl methyl sites for hydroxylation is 1. The number of rotatable bonds is 6. The minimum absolute atomic E-state index is 0.0480. The van der Waals surface area contributed by atoms with Crippen molar-refractivity contribution in [2.45, 2.75) is 31.8 Å². The minimum Gasteiger partial charge on any atom is -0.382 e. The molecule has 2 fully saturated rings. The summed E-state index contributed by atoms with van der Waals surface area (Å²) < 4.78 is 14.6. The largest absolute Gasteiger partial charge is 0.382 e. The van der Waals surface area contributed by atoms with Crippen LogP contribution in [-0.2, 0) is 16.9 Å². The number of urea groups is 1. The fourth-order valence-corrected chi connectivity index (χ4v) is 4.26. The molecule has 31 heavy (non-hydrogen) atoms. The highest BCUT2D eigenvalue weighted by molar-refractivity contribution is 6.08. The number of halogens is 1. The molecule has 0 spiro atoms. The topological polar surface area (TPSA) is 90.5 Å². The standard InChI is InChI=1S/C23H23FN4O3/c1-13-2-6-16(7-3-13)23(21(30)26-22(31)27-23)12-28-11-15-8-19(25-10-14-4-5-14)18(24)9-17(15)20(28)29/h2-3,6-9,14,25H,4-5,10-12H2,1H3,(H2,26,27,30,31). The summed E-state index contributed by atoms with van der Waals surface area (Å²) in [6.07, 6.45) is 2.31. The van der Waals surface area contributed by atoms with Gasteiger partial charge in [0.05, 0.1) is 12.2 Å². The molecule has 1 unspecified atom stereocenters. The van der Waals surface area contributed by atoms with Crippen molar-refractivity contribution in [2.75, 3.05) is 18.4 Å². The van der Waals surface area contributed by atoms with E-state index in [-0.39, 0.29) is 19.0 Å². The monoisotopic (exact) mass is 422 g/mol. The summed E-state index contributed by atoms with van der Waals surface area (Å²) in [6, 6.07) is 9.58. The van der Waals surface area contributed by atoms with Crippen LogP contribution in [0.25, 0.3) is 0 Å². The summed E-state index contributed by atoms with van der Waals surface area (Å²) in [5.41, 5.74) is 1.58. The molecule has 3 aliphatic rings. The van der Waals surface area contributed by atoms with Crippen molar-refractivity contribution in [1.29, 1.82) is 0 Å². The maximum atomic E-state index is 14.6. The number of carbonyl (C=O) groups excluding carboxylic acids is 3. The van der Waals surface area contributed by atoms with Gasteiger partial charge in [-0.15, -0.1) is 0 Å². The number of amides is 4. The van der Waals surface area contributed by atoms with Crippen LogP contribution in [-0.4, -0.2) is 35.8 Å². The molecule has 0 aromatic heterocycles. The molecule has 2 aromatic carbocycles. The molecule has 160 valence electrons. The number of nitrogens with one attached hydrogen (secondary N) is 3. The van der Waals surface area contributed by atoms with Gasteiger partial charge in [0.1, 0.15) is 5.82 Å². The maximum absolute atomic E-state index is 14.6. The van der Waals surface area contributed by atoms with Gasteiger partial charge < -0.3 is 15.5 Å². The highest BCUT2D eigenvalue weighted by Crippen LogP contribution is 2.34. The third-order valence-electron chi connectivity index (χ3n) is 6.26. The Hall–Kier alpha value is -3.42. The van der Waals surface area contributed by atoms with Gasteiger partial charge in [0.25, 0.3) is 11.8 Å². The number of carbonyl (C=O) groups is 3. The van der Waals surface area contributed by atoms with E-state index >= 15 is 0 Å². The number of benzene rings is 2. The smallest absolute Gasteiger partial charge is 0.322 e. The van der Waals surface area contributed by atoms with Crippen molar-refractivity contribution in [3.05, 3.63) is 64.5 Å². The van der Waals surface area contributed by atoms with Crippen LogP contribution >= 0.6 is 0 Å². The van der Waals surface area contributed by atoms with Crippen LogP contribution in [0.4, 0.5) is 14.9 Å². The van der Waals surface area contributed by atoms with Gasteiger partial charge in [-0.2, -0.15) is 0 Å². The first-order valence-electron chi connectivity index (χ1n) is 10.4. The quantitative estimate of drug-likeness (QED) is 0.625. The molecular weight excluding hydrogens is 399 g/mol. The Bertz CT molecular complexity index is 1100. The first-order chi connectivity index (χ1) is 14.9. The van der Waals surface area contributed by atoms with Crippen molar-refractivity contribution in [1.82, 2.24) is 15.5 Å². The third-order valence-corrected chi connectivity index (χ3v) is 6.26. The van der Waals surface area contributed by atoms with E-state index in [1.807, 2.05) is 19.1 Å². The highest BCUT2D eigenvalue weighted by Gasteiger charge is 2.50. The van der Waals surface area contributed by atoms with Crippen LogP contribution in [0, 0.1) is 18.7 Å². The Morgan fingerprint density at radius 2 is 1.90 bits per heavy atom. The van der Waals surface area contributed by atoms with Crippen LogP contribution in [0.2, 0.25) is 0 Å². The van der Waals surface area contributed by atoms with E-state index in [1.54, 1.807) is 18.2 Å². The molecule has 1 saturated heterocycles. The van der Waals surface area contributed by atoms with Gasteiger partial charge in [0.15, 0.2) is 5.54 Å². The molecule has 1 saturated carbocycles. The molecule has 5 rings (SSSR count). The van der Waals surface area contributed by atoms with Gasteiger partial charge in [0, 0.05) is 18.7 Å². The van der Waals surface area contributed by atoms with E-state index in [0.29, 0.717) is 28.3 Å². The lowest BCUT2D eigenvalue weighted by molar-refractivity contribution is -0.124. The summed E-state index contributed by atoms with van der Waals surface area (Å²) >= 11 is 0. The Morgan fingerprint density at radius 1 is 1.16 bits per heavy atom. The first-order valence-corrected chi connectivity index (χ1v) is 10.4. The number of imide groups is 1. The molecule has 2 heterocycles. The summed E-state index contributed by atoms with van der Waals surface area (Å²) in [5.74, 6) is -0.745. The normalized spacial score (nSPS) is 22.4. The lowest BCUT2D eigenvalue weighted by Crippen LogP contribution is -2.52. The van der Waals surface area contributed by atoms with Gasteiger partial charge in [-0.25, -0.2) is 9.18 Å². The Morgan fingerprint density at radius 3 is 2.55 bits per heavy atom. The lowest BCUT2D eigenvalue weighted by Gasteiger charge is -2.31. The van der Waals surface area contributed by atoms with Crippen LogP contribution in [0.5, 0.6) is 0 Å². The molecule has 1 atom stereocenters. The average Bonchev–Trinajstić information content (AvgIpc) is 3.46. The van der Waals surface area contributed by atoms with Crippen molar-refractivity contribution in [2.24, 2.45) is 5.92 Å². The second-order valence-electron chi connectivity index (χ2n) is 8.65. The molecule has 0 bridgehead atoms. The van der Waals surface area contributed by atoms with E-state index in [4.69, 9.17) is 0 Å². The molecule has 0 radical (unpaired) electrons. The van der Waals surface area contributed by atoms with Crippen LogP contribution in [0.3, 0.4) is 0 Å². The number of hydrogen-bond donors (Lipinski definition) is 3. The van der Waals surface area contributed by atoms with Crippen molar-refractivity contribution in [3.63, 3.8) is 0 Å². The van der Waals surface area contributed by atoms with Crippen molar-refractivity contribution in [3.8, 4) is 0 Å². The summed E-state index contributed by atoms with van der Waals surface area (Å²) in [7, 11) is 0. The maximum Gasteiger partial charge on any atom is 0.322 e. The second-order valence-corrected chi connectivity index (χ2v) is 8.65. The minimum atomic E-state index is -1.39. The lowest BCUT2D eigenvalue weighted by atomic mass is 9.88. The predicted molar refractivity (Wildman–Crippen MR) is 112 cm³/mol. The van der Waals surface area contributed by atoms with E-state index in [2.05, 4.69) is 16.0 Å². The van der Waals surface area contributed by atoms with Crippen molar-refractivity contribution >= 4 is 23.5 Å².